The maximum absolute atomic E-state index is 5.95. The minimum absolute atomic E-state index is 0.319. The van der Waals surface area contributed by atoms with Gasteiger partial charge in [0.25, 0.3) is 0 Å². The summed E-state index contributed by atoms with van der Waals surface area (Å²) >= 11 is 0. The molecule has 1 heterocycles. The van der Waals surface area contributed by atoms with Crippen molar-refractivity contribution in [3.63, 3.8) is 0 Å². The second kappa shape index (κ2) is 3.59. The van der Waals surface area contributed by atoms with Crippen molar-refractivity contribution in [3.8, 4) is 0 Å². The van der Waals surface area contributed by atoms with Crippen LogP contribution in [0, 0.1) is 0 Å². The van der Waals surface area contributed by atoms with Gasteiger partial charge in [-0.2, -0.15) is 4.98 Å². The quantitative estimate of drug-likeness (QED) is 0.804. The summed E-state index contributed by atoms with van der Waals surface area (Å²) in [5.41, 5.74) is 5.95. The van der Waals surface area contributed by atoms with Crippen LogP contribution >= 0.6 is 0 Å². The first-order valence-electron chi connectivity index (χ1n) is 5.92. The van der Waals surface area contributed by atoms with E-state index in [4.69, 9.17) is 10.3 Å². The van der Waals surface area contributed by atoms with Gasteiger partial charge in [-0.15, -0.1) is 0 Å². The third-order valence-corrected chi connectivity index (χ3v) is 3.46. The number of hydrogen-bond donors (Lipinski definition) is 1. The Hall–Kier alpha value is -0.900. The fraction of sp³-hybridized carbons (Fsp3) is 0.818. The molecule has 2 N–H and O–H groups in total. The average molecular weight is 207 g/mol. The van der Waals surface area contributed by atoms with Gasteiger partial charge in [0.05, 0.1) is 0 Å². The first-order chi connectivity index (χ1) is 7.33. The molecule has 4 nitrogen and oxygen atoms in total. The van der Waals surface area contributed by atoms with Crippen LogP contribution in [0.1, 0.15) is 62.1 Å². The van der Waals surface area contributed by atoms with Gasteiger partial charge in [0.2, 0.25) is 5.89 Å². The van der Waals surface area contributed by atoms with Crippen LogP contribution in [0.4, 0.5) is 0 Å². The van der Waals surface area contributed by atoms with E-state index < -0.39 is 0 Å². The van der Waals surface area contributed by atoms with E-state index in [1.54, 1.807) is 0 Å². The van der Waals surface area contributed by atoms with E-state index in [-0.39, 0.29) is 0 Å². The third-order valence-electron chi connectivity index (χ3n) is 3.46. The van der Waals surface area contributed by atoms with E-state index in [2.05, 4.69) is 10.1 Å². The Balaban J connectivity index is 1.73. The van der Waals surface area contributed by atoms with Gasteiger partial charge in [0, 0.05) is 17.9 Å². The Morgan fingerprint density at radius 1 is 1.13 bits per heavy atom. The van der Waals surface area contributed by atoms with Crippen LogP contribution < -0.4 is 5.73 Å². The molecule has 0 spiro atoms. The summed E-state index contributed by atoms with van der Waals surface area (Å²) in [6, 6.07) is 0.319. The van der Waals surface area contributed by atoms with Gasteiger partial charge in [0.1, 0.15) is 0 Å². The minimum atomic E-state index is 0.319. The molecule has 15 heavy (non-hydrogen) atoms. The van der Waals surface area contributed by atoms with Crippen molar-refractivity contribution in [2.75, 3.05) is 0 Å². The molecule has 4 heteroatoms. The van der Waals surface area contributed by atoms with Crippen molar-refractivity contribution >= 4 is 0 Å². The van der Waals surface area contributed by atoms with Crippen LogP contribution in [-0.2, 0) is 0 Å². The van der Waals surface area contributed by atoms with E-state index in [1.807, 2.05) is 0 Å². The second-order valence-electron chi connectivity index (χ2n) is 4.89. The lowest BCUT2D eigenvalue weighted by Crippen LogP contribution is -2.26. The van der Waals surface area contributed by atoms with E-state index in [0.717, 1.165) is 31.0 Å². The Bertz CT molecular complexity index is 345. The van der Waals surface area contributed by atoms with Crippen LogP contribution in [0.2, 0.25) is 0 Å². The summed E-state index contributed by atoms with van der Waals surface area (Å²) in [5, 5.41) is 4.05. The van der Waals surface area contributed by atoms with Crippen LogP contribution in [0.25, 0.3) is 0 Å². The minimum Gasteiger partial charge on any atom is -0.339 e. The summed E-state index contributed by atoms with van der Waals surface area (Å²) < 4.78 is 5.34. The molecule has 0 radical (unpaired) electrons. The number of rotatable bonds is 2. The van der Waals surface area contributed by atoms with Gasteiger partial charge in [-0.1, -0.05) is 11.6 Å². The Morgan fingerprint density at radius 2 is 2.00 bits per heavy atom. The highest BCUT2D eigenvalue weighted by atomic mass is 16.5. The molecule has 1 aromatic rings. The zero-order chi connectivity index (χ0) is 10.3. The lowest BCUT2D eigenvalue weighted by atomic mass is 9.86. The van der Waals surface area contributed by atoms with Gasteiger partial charge in [-0.3, -0.25) is 0 Å². The Kier molecular flexibility index (Phi) is 2.24. The summed E-state index contributed by atoms with van der Waals surface area (Å²) in [6.45, 7) is 0. The first-order valence-corrected chi connectivity index (χ1v) is 5.92. The summed E-state index contributed by atoms with van der Waals surface area (Å²) in [5.74, 6) is 2.74. The molecule has 3 rings (SSSR count). The standard InChI is InChI=1S/C11H17N3O/c12-9-3-1-2-8(6-9)11-13-10(14-15-11)7-4-5-7/h7-9H,1-6,12H2. The first kappa shape index (κ1) is 9.33. The molecule has 0 aromatic carbocycles. The van der Waals surface area contributed by atoms with E-state index in [1.165, 1.54) is 19.3 Å². The van der Waals surface area contributed by atoms with Crippen LogP contribution in [-0.4, -0.2) is 16.2 Å². The summed E-state index contributed by atoms with van der Waals surface area (Å²) in [7, 11) is 0. The van der Waals surface area contributed by atoms with Gasteiger partial charge >= 0.3 is 0 Å². The maximum Gasteiger partial charge on any atom is 0.229 e. The molecule has 82 valence electrons. The normalized spacial score (nSPS) is 31.8. The highest BCUT2D eigenvalue weighted by Crippen LogP contribution is 2.39. The molecule has 1 aromatic heterocycles. The van der Waals surface area contributed by atoms with Crippen molar-refractivity contribution in [1.82, 2.24) is 10.1 Å². The molecule has 0 amide bonds. The maximum atomic E-state index is 5.95. The SMILES string of the molecule is NC1CCCC(c2nc(C3CC3)no2)C1. The predicted octanol–water partition coefficient (Wildman–Crippen LogP) is 1.93. The van der Waals surface area contributed by atoms with Crippen LogP contribution in [0.3, 0.4) is 0 Å². The number of hydrogen-bond acceptors (Lipinski definition) is 4. The molecular weight excluding hydrogens is 190 g/mol. The molecule has 2 atom stereocenters. The molecule has 2 unspecified atom stereocenters. The van der Waals surface area contributed by atoms with E-state index in [9.17, 15) is 0 Å². The molecule has 0 bridgehead atoms. The molecule has 2 aliphatic rings. The van der Waals surface area contributed by atoms with E-state index in [0.29, 0.717) is 17.9 Å². The molecule has 0 saturated heterocycles. The third kappa shape index (κ3) is 1.91. The van der Waals surface area contributed by atoms with Crippen molar-refractivity contribution in [2.45, 2.75) is 56.4 Å². The predicted molar refractivity (Wildman–Crippen MR) is 55.5 cm³/mol. The average Bonchev–Trinajstić information content (AvgIpc) is 2.97. The van der Waals surface area contributed by atoms with E-state index >= 15 is 0 Å². The highest BCUT2D eigenvalue weighted by molar-refractivity contribution is 5.06. The monoisotopic (exact) mass is 207 g/mol. The Morgan fingerprint density at radius 3 is 2.73 bits per heavy atom. The highest BCUT2D eigenvalue weighted by Gasteiger charge is 2.31. The van der Waals surface area contributed by atoms with Crippen molar-refractivity contribution < 1.29 is 4.52 Å². The molecular formula is C11H17N3O. The lowest BCUT2D eigenvalue weighted by molar-refractivity contribution is 0.297. The zero-order valence-corrected chi connectivity index (χ0v) is 8.85. The van der Waals surface area contributed by atoms with Gasteiger partial charge in [0.15, 0.2) is 5.82 Å². The second-order valence-corrected chi connectivity index (χ2v) is 4.89. The largest absolute Gasteiger partial charge is 0.339 e. The molecule has 2 fully saturated rings. The number of nitrogens with two attached hydrogens (primary N) is 1. The Labute approximate surface area is 89.2 Å². The van der Waals surface area contributed by atoms with Gasteiger partial charge in [-0.05, 0) is 32.1 Å². The fourth-order valence-electron chi connectivity index (χ4n) is 2.37. The number of nitrogens with zero attached hydrogens (tertiary/aromatic N) is 2. The fourth-order valence-corrected chi connectivity index (χ4v) is 2.37. The topological polar surface area (TPSA) is 64.9 Å². The molecule has 0 aliphatic heterocycles. The smallest absolute Gasteiger partial charge is 0.229 e. The van der Waals surface area contributed by atoms with Crippen molar-refractivity contribution in [3.05, 3.63) is 11.7 Å². The van der Waals surface area contributed by atoms with Gasteiger partial charge < -0.3 is 10.3 Å². The van der Waals surface area contributed by atoms with Gasteiger partial charge in [-0.25, -0.2) is 0 Å². The molecule has 2 aliphatic carbocycles. The lowest BCUT2D eigenvalue weighted by Gasteiger charge is -2.23. The van der Waals surface area contributed by atoms with Crippen molar-refractivity contribution in [1.29, 1.82) is 0 Å². The summed E-state index contributed by atoms with van der Waals surface area (Å²) in [4.78, 5) is 4.50. The zero-order valence-electron chi connectivity index (χ0n) is 8.85. The summed E-state index contributed by atoms with van der Waals surface area (Å²) in [6.07, 6.45) is 6.94. The van der Waals surface area contributed by atoms with Crippen LogP contribution in [0.5, 0.6) is 0 Å². The van der Waals surface area contributed by atoms with Crippen molar-refractivity contribution in [2.24, 2.45) is 5.73 Å². The number of aromatic nitrogens is 2. The molecule has 2 saturated carbocycles. The van der Waals surface area contributed by atoms with Crippen LogP contribution in [0.15, 0.2) is 4.52 Å².